The summed E-state index contributed by atoms with van der Waals surface area (Å²) in [5.41, 5.74) is 2.80. The largest absolute Gasteiger partial charge is 0.395 e. The number of imidazole rings is 1. The van der Waals surface area contributed by atoms with E-state index >= 15 is 0 Å². The molecule has 0 fully saturated rings. The quantitative estimate of drug-likeness (QED) is 0.637. The summed E-state index contributed by atoms with van der Waals surface area (Å²) < 4.78 is 55.4. The first-order valence-corrected chi connectivity index (χ1v) is 8.73. The standard InChI is InChI=1S/C19H19F4N5/c1-10-4-5-14-12(6-10)16(9-24-14)26-18-25-15-8-11(19(21,22)23)7-13(20)17(15)28(18)27(2)3/h4-7,9,11,24H,8H2,1-3H3,(H,25,26). The highest BCUT2D eigenvalue weighted by molar-refractivity contribution is 5.94. The second-order valence-corrected chi connectivity index (χ2v) is 7.13. The van der Waals surface area contributed by atoms with Crippen LogP contribution < -0.4 is 10.3 Å². The summed E-state index contributed by atoms with van der Waals surface area (Å²) in [6.45, 7) is 1.97. The summed E-state index contributed by atoms with van der Waals surface area (Å²) in [4.78, 5) is 7.44. The first-order valence-electron chi connectivity index (χ1n) is 8.73. The van der Waals surface area contributed by atoms with Crippen LogP contribution in [0.4, 0.5) is 29.2 Å². The number of aryl methyl sites for hydroxylation is 1. The zero-order valence-corrected chi connectivity index (χ0v) is 15.5. The van der Waals surface area contributed by atoms with E-state index in [0.29, 0.717) is 11.8 Å². The molecule has 2 N–H and O–H groups in total. The van der Waals surface area contributed by atoms with Crippen LogP contribution in [0.25, 0.3) is 16.7 Å². The van der Waals surface area contributed by atoms with Crippen LogP contribution in [0, 0.1) is 12.8 Å². The Kier molecular flexibility index (Phi) is 4.13. The predicted molar refractivity (Wildman–Crippen MR) is 101 cm³/mol. The number of allylic oxidation sites excluding steroid dienone is 1. The summed E-state index contributed by atoms with van der Waals surface area (Å²) in [5, 5.41) is 5.63. The third kappa shape index (κ3) is 3.00. The number of aromatic amines is 1. The minimum Gasteiger partial charge on any atom is -0.359 e. The molecule has 28 heavy (non-hydrogen) atoms. The lowest BCUT2D eigenvalue weighted by Crippen LogP contribution is -2.30. The monoisotopic (exact) mass is 393 g/mol. The van der Waals surface area contributed by atoms with Gasteiger partial charge in [-0.2, -0.15) is 13.2 Å². The maximum atomic E-state index is 14.6. The number of fused-ring (bicyclic) bond motifs is 2. The Bertz CT molecular complexity index is 1070. The van der Waals surface area contributed by atoms with Crippen molar-refractivity contribution in [1.29, 1.82) is 0 Å². The molecule has 9 heteroatoms. The van der Waals surface area contributed by atoms with Crippen molar-refractivity contribution in [3.8, 4) is 0 Å². The molecule has 2 heterocycles. The lowest BCUT2D eigenvalue weighted by Gasteiger charge is -2.23. The van der Waals surface area contributed by atoms with E-state index in [4.69, 9.17) is 0 Å². The minimum absolute atomic E-state index is 0.0454. The van der Waals surface area contributed by atoms with Crippen molar-refractivity contribution in [1.82, 2.24) is 14.6 Å². The molecule has 0 spiro atoms. The van der Waals surface area contributed by atoms with Gasteiger partial charge in [-0.25, -0.2) is 14.1 Å². The molecule has 2 aromatic heterocycles. The van der Waals surface area contributed by atoms with Gasteiger partial charge in [-0.15, -0.1) is 0 Å². The Labute approximate surface area is 158 Å². The molecule has 0 radical (unpaired) electrons. The van der Waals surface area contributed by atoms with Crippen LogP contribution in [0.15, 0.2) is 30.5 Å². The van der Waals surface area contributed by atoms with E-state index in [1.807, 2.05) is 25.1 Å². The molecule has 0 saturated heterocycles. The van der Waals surface area contributed by atoms with Crippen LogP contribution in [0.2, 0.25) is 0 Å². The summed E-state index contributed by atoms with van der Waals surface area (Å²) in [6, 6.07) is 5.90. The zero-order valence-electron chi connectivity index (χ0n) is 15.5. The van der Waals surface area contributed by atoms with E-state index in [9.17, 15) is 17.6 Å². The number of rotatable bonds is 3. The number of hydrogen-bond donors (Lipinski definition) is 2. The number of halogens is 4. The van der Waals surface area contributed by atoms with Crippen molar-refractivity contribution in [3.63, 3.8) is 0 Å². The van der Waals surface area contributed by atoms with Gasteiger partial charge in [0.15, 0.2) is 0 Å². The van der Waals surface area contributed by atoms with Gasteiger partial charge >= 0.3 is 6.18 Å². The number of H-pyrrole nitrogens is 1. The lowest BCUT2D eigenvalue weighted by atomic mass is 9.95. The normalized spacial score (nSPS) is 16.8. The van der Waals surface area contributed by atoms with Gasteiger partial charge in [0.2, 0.25) is 5.95 Å². The number of aromatic nitrogens is 3. The fourth-order valence-corrected chi connectivity index (χ4v) is 3.50. The van der Waals surface area contributed by atoms with Crippen molar-refractivity contribution in [2.45, 2.75) is 19.5 Å². The van der Waals surface area contributed by atoms with Gasteiger partial charge in [0, 0.05) is 37.6 Å². The van der Waals surface area contributed by atoms with Crippen molar-refractivity contribution >= 4 is 28.4 Å². The summed E-state index contributed by atoms with van der Waals surface area (Å²) in [5.74, 6) is -2.55. The average molecular weight is 393 g/mol. The Hall–Kier alpha value is -2.97. The predicted octanol–water partition coefficient (Wildman–Crippen LogP) is 4.66. The summed E-state index contributed by atoms with van der Waals surface area (Å²) in [7, 11) is 3.35. The molecule has 1 aromatic carbocycles. The third-order valence-electron chi connectivity index (χ3n) is 4.82. The molecule has 1 aliphatic rings. The molecule has 0 saturated carbocycles. The molecular weight excluding hydrogens is 374 g/mol. The smallest absolute Gasteiger partial charge is 0.359 e. The number of nitrogens with zero attached hydrogens (tertiary/aromatic N) is 3. The zero-order chi connectivity index (χ0) is 20.2. The first kappa shape index (κ1) is 18.4. The van der Waals surface area contributed by atoms with E-state index in [1.165, 1.54) is 4.68 Å². The van der Waals surface area contributed by atoms with E-state index in [-0.39, 0.29) is 17.3 Å². The molecule has 3 aromatic rings. The van der Waals surface area contributed by atoms with Crippen LogP contribution in [0.3, 0.4) is 0 Å². The fraction of sp³-hybridized carbons (Fsp3) is 0.316. The maximum absolute atomic E-state index is 14.6. The van der Waals surface area contributed by atoms with Crippen molar-refractivity contribution < 1.29 is 17.6 Å². The SMILES string of the molecule is Cc1ccc2[nH]cc(Nc3nc4c(n3N(C)C)C(F)=CC(C(F)(F)F)C4)c2c1. The lowest BCUT2D eigenvalue weighted by molar-refractivity contribution is -0.161. The third-order valence-corrected chi connectivity index (χ3v) is 4.82. The van der Waals surface area contributed by atoms with Gasteiger partial charge in [0.05, 0.1) is 17.3 Å². The van der Waals surface area contributed by atoms with Crippen LogP contribution >= 0.6 is 0 Å². The number of nitrogens with one attached hydrogen (secondary N) is 2. The molecule has 1 atom stereocenters. The molecule has 1 unspecified atom stereocenters. The van der Waals surface area contributed by atoms with Gasteiger partial charge in [-0.1, -0.05) is 11.6 Å². The Morgan fingerprint density at radius 1 is 1.29 bits per heavy atom. The summed E-state index contributed by atoms with van der Waals surface area (Å²) in [6.07, 6.45) is -2.53. The number of hydrogen-bond acceptors (Lipinski definition) is 3. The summed E-state index contributed by atoms with van der Waals surface area (Å²) >= 11 is 0. The minimum atomic E-state index is -4.51. The number of benzene rings is 1. The Morgan fingerprint density at radius 2 is 2.04 bits per heavy atom. The highest BCUT2D eigenvalue weighted by atomic mass is 19.4. The molecule has 148 valence electrons. The fourth-order valence-electron chi connectivity index (χ4n) is 3.50. The molecule has 0 aliphatic heterocycles. The van der Waals surface area contributed by atoms with E-state index in [2.05, 4.69) is 15.3 Å². The van der Waals surface area contributed by atoms with Crippen LogP contribution in [0.1, 0.15) is 17.0 Å². The van der Waals surface area contributed by atoms with Gasteiger partial charge < -0.3 is 15.3 Å². The second kappa shape index (κ2) is 6.29. The van der Waals surface area contributed by atoms with Crippen LogP contribution in [-0.4, -0.2) is 34.9 Å². The first-order chi connectivity index (χ1) is 13.1. The Balaban J connectivity index is 1.79. The van der Waals surface area contributed by atoms with Gasteiger partial charge in [0.1, 0.15) is 11.5 Å². The molecule has 5 nitrogen and oxygen atoms in total. The van der Waals surface area contributed by atoms with Crippen molar-refractivity contribution in [2.75, 3.05) is 24.4 Å². The average Bonchev–Trinajstić information content (AvgIpc) is 3.15. The molecule has 1 aliphatic carbocycles. The number of alkyl halides is 3. The molecular formula is C19H19F4N5. The Morgan fingerprint density at radius 3 is 2.71 bits per heavy atom. The van der Waals surface area contributed by atoms with Gasteiger partial charge in [-0.05, 0) is 25.1 Å². The highest BCUT2D eigenvalue weighted by Crippen LogP contribution is 2.40. The van der Waals surface area contributed by atoms with Crippen LogP contribution in [-0.2, 0) is 6.42 Å². The van der Waals surface area contributed by atoms with Crippen molar-refractivity contribution in [2.24, 2.45) is 5.92 Å². The maximum Gasteiger partial charge on any atom is 0.395 e. The van der Waals surface area contributed by atoms with Crippen LogP contribution in [0.5, 0.6) is 0 Å². The highest BCUT2D eigenvalue weighted by Gasteiger charge is 2.43. The van der Waals surface area contributed by atoms with Gasteiger partial charge in [0.25, 0.3) is 0 Å². The topological polar surface area (TPSA) is 48.9 Å². The second-order valence-electron chi connectivity index (χ2n) is 7.13. The molecule has 4 rings (SSSR count). The number of anilines is 2. The van der Waals surface area contributed by atoms with Gasteiger partial charge in [-0.3, -0.25) is 0 Å². The van der Waals surface area contributed by atoms with E-state index in [0.717, 1.165) is 16.5 Å². The van der Waals surface area contributed by atoms with Crippen molar-refractivity contribution in [3.05, 3.63) is 47.4 Å². The van der Waals surface area contributed by atoms with E-state index in [1.54, 1.807) is 25.3 Å². The van der Waals surface area contributed by atoms with E-state index < -0.39 is 24.3 Å². The molecule has 0 bridgehead atoms. The molecule has 0 amide bonds.